The minimum absolute atomic E-state index is 0.00995. The van der Waals surface area contributed by atoms with Crippen LogP contribution in [0.3, 0.4) is 0 Å². The van der Waals surface area contributed by atoms with E-state index in [0.29, 0.717) is 37.6 Å². The number of likely N-dealkylation sites (tertiary alicyclic amines) is 1. The molecule has 2 amide bonds. The van der Waals surface area contributed by atoms with Crippen LogP contribution < -0.4 is 9.80 Å². The number of nitriles is 1. The lowest BCUT2D eigenvalue weighted by molar-refractivity contribution is -0.138. The van der Waals surface area contributed by atoms with Gasteiger partial charge in [-0.2, -0.15) is 18.4 Å². The number of benzene rings is 2. The predicted octanol–water partition coefficient (Wildman–Crippen LogP) is 6.72. The Morgan fingerprint density at radius 2 is 1.74 bits per heavy atom. The highest BCUT2D eigenvalue weighted by atomic mass is 19.4. The van der Waals surface area contributed by atoms with Crippen molar-refractivity contribution in [3.05, 3.63) is 58.7 Å². The third-order valence-corrected chi connectivity index (χ3v) is 9.20. The molecule has 10 heteroatoms. The molecule has 1 aliphatic carbocycles. The van der Waals surface area contributed by atoms with E-state index >= 15 is 0 Å². The SMILES string of the molecule is CC(C)(C)OC(=O)N1CCC2(CC1)CN(c1cc3c(c(C(F)(F)F)c1)CN(c1cccc(C4CC(C#N)C4)c1)C3=O)C2. The fourth-order valence-electron chi connectivity index (χ4n) is 6.73. The lowest BCUT2D eigenvalue weighted by atomic mass is 9.71. The highest BCUT2D eigenvalue weighted by Gasteiger charge is 2.48. The Morgan fingerprint density at radius 1 is 1.05 bits per heavy atom. The third-order valence-electron chi connectivity index (χ3n) is 9.20. The van der Waals surface area contributed by atoms with Gasteiger partial charge in [-0.05, 0) is 87.8 Å². The number of halogens is 3. The highest BCUT2D eigenvalue weighted by Crippen LogP contribution is 2.47. The molecule has 7 nitrogen and oxygen atoms in total. The molecule has 4 aliphatic rings. The van der Waals surface area contributed by atoms with Crippen LogP contribution >= 0.6 is 0 Å². The zero-order valence-corrected chi connectivity index (χ0v) is 24.1. The van der Waals surface area contributed by atoms with Crippen molar-refractivity contribution in [1.29, 1.82) is 5.26 Å². The van der Waals surface area contributed by atoms with Crippen LogP contribution in [0.2, 0.25) is 0 Å². The summed E-state index contributed by atoms with van der Waals surface area (Å²) in [6.07, 6.45) is -1.93. The maximum atomic E-state index is 14.3. The molecular formula is C32H35F3N4O3. The number of amides is 2. The topological polar surface area (TPSA) is 76.9 Å². The highest BCUT2D eigenvalue weighted by molar-refractivity contribution is 6.11. The molecule has 3 fully saturated rings. The summed E-state index contributed by atoms with van der Waals surface area (Å²) in [5.41, 5.74) is 0.678. The summed E-state index contributed by atoms with van der Waals surface area (Å²) in [6.45, 7) is 7.60. The van der Waals surface area contributed by atoms with Gasteiger partial charge < -0.3 is 19.4 Å². The summed E-state index contributed by atoms with van der Waals surface area (Å²) in [4.78, 5) is 31.1. The molecule has 222 valence electrons. The lowest BCUT2D eigenvalue weighted by Gasteiger charge is -2.55. The number of carbonyl (C=O) groups is 2. The second-order valence-electron chi connectivity index (χ2n) is 13.3. The van der Waals surface area contributed by atoms with Crippen LogP contribution in [0.15, 0.2) is 36.4 Å². The van der Waals surface area contributed by atoms with Crippen molar-refractivity contribution >= 4 is 23.4 Å². The molecule has 0 aromatic heterocycles. The summed E-state index contributed by atoms with van der Waals surface area (Å²) in [5.74, 6) is -0.178. The first-order chi connectivity index (χ1) is 19.7. The molecule has 0 N–H and O–H groups in total. The molecule has 0 unspecified atom stereocenters. The molecule has 0 atom stereocenters. The minimum Gasteiger partial charge on any atom is -0.444 e. The zero-order valence-electron chi connectivity index (χ0n) is 24.1. The van der Waals surface area contributed by atoms with Gasteiger partial charge in [-0.1, -0.05) is 12.1 Å². The molecule has 2 aromatic rings. The van der Waals surface area contributed by atoms with Crippen molar-refractivity contribution in [3.63, 3.8) is 0 Å². The van der Waals surface area contributed by atoms with Crippen LogP contribution in [0.4, 0.5) is 29.3 Å². The molecule has 2 aromatic carbocycles. The molecule has 3 aliphatic heterocycles. The Morgan fingerprint density at radius 3 is 2.36 bits per heavy atom. The average Bonchev–Trinajstić information content (AvgIpc) is 3.21. The maximum absolute atomic E-state index is 14.3. The Hall–Kier alpha value is -3.74. The quantitative estimate of drug-likeness (QED) is 0.403. The van der Waals surface area contributed by atoms with E-state index in [9.17, 15) is 22.8 Å². The van der Waals surface area contributed by atoms with Crippen molar-refractivity contribution in [3.8, 4) is 6.07 Å². The maximum Gasteiger partial charge on any atom is 0.416 e. The van der Waals surface area contributed by atoms with Crippen molar-refractivity contribution in [2.45, 2.75) is 70.7 Å². The summed E-state index contributed by atoms with van der Waals surface area (Å²) >= 11 is 0. The van der Waals surface area contributed by atoms with E-state index in [1.54, 1.807) is 17.0 Å². The number of anilines is 2. The Bertz CT molecular complexity index is 1450. The molecule has 1 saturated carbocycles. The largest absolute Gasteiger partial charge is 0.444 e. The summed E-state index contributed by atoms with van der Waals surface area (Å²) in [6, 6.07) is 12.5. The first-order valence-corrected chi connectivity index (χ1v) is 14.5. The Labute approximate surface area is 243 Å². The zero-order chi connectivity index (χ0) is 30.0. The Kier molecular flexibility index (Phi) is 6.71. The molecule has 0 bridgehead atoms. The number of alkyl halides is 3. The van der Waals surface area contributed by atoms with Gasteiger partial charge >= 0.3 is 12.3 Å². The van der Waals surface area contributed by atoms with Crippen LogP contribution in [-0.4, -0.2) is 48.7 Å². The average molecular weight is 581 g/mol. The number of hydrogen-bond donors (Lipinski definition) is 0. The summed E-state index contributed by atoms with van der Waals surface area (Å²) in [5, 5.41) is 9.11. The molecule has 6 rings (SSSR count). The predicted molar refractivity (Wildman–Crippen MR) is 151 cm³/mol. The van der Waals surface area contributed by atoms with Crippen LogP contribution in [0, 0.1) is 22.7 Å². The van der Waals surface area contributed by atoms with Gasteiger partial charge in [0.25, 0.3) is 5.91 Å². The second-order valence-corrected chi connectivity index (χ2v) is 13.3. The molecular weight excluding hydrogens is 545 g/mol. The van der Waals surface area contributed by atoms with Gasteiger partial charge in [0, 0.05) is 54.5 Å². The summed E-state index contributed by atoms with van der Waals surface area (Å²) < 4.78 is 48.4. The molecule has 1 spiro atoms. The van der Waals surface area contributed by atoms with E-state index in [-0.39, 0.29) is 41.0 Å². The monoisotopic (exact) mass is 580 g/mol. The van der Waals surface area contributed by atoms with Crippen LogP contribution in [0.5, 0.6) is 0 Å². The van der Waals surface area contributed by atoms with Crippen LogP contribution in [0.25, 0.3) is 0 Å². The van der Waals surface area contributed by atoms with Gasteiger partial charge in [0.05, 0.1) is 18.2 Å². The number of piperidine rings is 1. The second kappa shape index (κ2) is 9.92. The minimum atomic E-state index is -4.60. The van der Waals surface area contributed by atoms with Gasteiger partial charge in [-0.15, -0.1) is 0 Å². The first kappa shape index (κ1) is 28.4. The smallest absolute Gasteiger partial charge is 0.416 e. The Balaban J connectivity index is 1.18. The van der Waals surface area contributed by atoms with E-state index in [2.05, 4.69) is 6.07 Å². The van der Waals surface area contributed by atoms with Gasteiger partial charge in [0.15, 0.2) is 0 Å². The van der Waals surface area contributed by atoms with E-state index < -0.39 is 23.2 Å². The van der Waals surface area contributed by atoms with Crippen molar-refractivity contribution < 1.29 is 27.5 Å². The van der Waals surface area contributed by atoms with E-state index in [4.69, 9.17) is 10.00 Å². The first-order valence-electron chi connectivity index (χ1n) is 14.5. The summed E-state index contributed by atoms with van der Waals surface area (Å²) in [7, 11) is 0. The molecule has 2 saturated heterocycles. The third kappa shape index (κ3) is 5.18. The van der Waals surface area contributed by atoms with Gasteiger partial charge in [0.2, 0.25) is 0 Å². The number of ether oxygens (including phenoxy) is 1. The van der Waals surface area contributed by atoms with Gasteiger partial charge in [-0.25, -0.2) is 4.79 Å². The number of fused-ring (bicyclic) bond motifs is 1. The van der Waals surface area contributed by atoms with Crippen molar-refractivity contribution in [2.75, 3.05) is 36.0 Å². The van der Waals surface area contributed by atoms with Crippen molar-refractivity contribution in [1.82, 2.24) is 4.90 Å². The van der Waals surface area contributed by atoms with E-state index in [1.807, 2.05) is 43.9 Å². The molecule has 42 heavy (non-hydrogen) atoms. The van der Waals surface area contributed by atoms with Crippen LogP contribution in [0.1, 0.15) is 79.4 Å². The van der Waals surface area contributed by atoms with Gasteiger partial charge in [-0.3, -0.25) is 4.79 Å². The van der Waals surface area contributed by atoms with Crippen LogP contribution in [-0.2, 0) is 17.5 Å². The number of nitrogens with zero attached hydrogens (tertiary/aromatic N) is 4. The van der Waals surface area contributed by atoms with E-state index in [0.717, 1.165) is 31.2 Å². The van der Waals surface area contributed by atoms with E-state index in [1.165, 1.54) is 11.0 Å². The fraction of sp³-hybridized carbons (Fsp3) is 0.531. The van der Waals surface area contributed by atoms with Gasteiger partial charge in [0.1, 0.15) is 5.60 Å². The normalized spacial score (nSPS) is 23.3. The number of hydrogen-bond acceptors (Lipinski definition) is 5. The number of carbonyl (C=O) groups excluding carboxylic acids is 2. The molecule has 3 heterocycles. The number of rotatable bonds is 3. The molecule has 0 radical (unpaired) electrons. The fourth-order valence-corrected chi connectivity index (χ4v) is 6.73. The standard InChI is InChI=1S/C32H35F3N4O3/c1-30(2,3)42-29(41)37-9-7-31(8-10-37)18-38(19-31)24-14-25-26(27(15-24)32(33,34)35)17-39(28(25)40)23-6-4-5-21(13-23)22-11-20(12-22)16-36/h4-6,13-15,20,22H,7-12,17-19H2,1-3H3. The lowest BCUT2D eigenvalue weighted by Crippen LogP contribution is -2.61. The van der Waals surface area contributed by atoms with Crippen molar-refractivity contribution in [2.24, 2.45) is 11.3 Å².